The predicted molar refractivity (Wildman–Crippen MR) is 121 cm³/mol. The van der Waals surface area contributed by atoms with Gasteiger partial charge in [0.05, 0.1) is 11.6 Å². The molecular formula is C24H25ClN4O2. The van der Waals surface area contributed by atoms with E-state index in [0.29, 0.717) is 23.3 Å². The van der Waals surface area contributed by atoms with E-state index in [-0.39, 0.29) is 6.03 Å². The van der Waals surface area contributed by atoms with Crippen LogP contribution in [0.5, 0.6) is 0 Å². The minimum Gasteiger partial charge on any atom is -0.334 e. The van der Waals surface area contributed by atoms with E-state index in [0.717, 1.165) is 41.7 Å². The first kappa shape index (κ1) is 21.1. The van der Waals surface area contributed by atoms with Crippen LogP contribution in [0.3, 0.4) is 0 Å². The van der Waals surface area contributed by atoms with Gasteiger partial charge in [0.25, 0.3) is 5.89 Å². The number of halogens is 1. The molecule has 160 valence electrons. The normalized spacial score (nSPS) is 16.5. The van der Waals surface area contributed by atoms with Crippen LogP contribution in [0.25, 0.3) is 17.0 Å². The maximum absolute atomic E-state index is 12.9. The van der Waals surface area contributed by atoms with Crippen LogP contribution >= 0.6 is 11.6 Å². The number of carbonyl (C=O) groups excluding carboxylic acids is 1. The summed E-state index contributed by atoms with van der Waals surface area (Å²) < 4.78 is 5.69. The second kappa shape index (κ2) is 9.35. The van der Waals surface area contributed by atoms with Crippen molar-refractivity contribution in [3.05, 3.63) is 76.8 Å². The summed E-state index contributed by atoms with van der Waals surface area (Å²) in [4.78, 5) is 19.4. The van der Waals surface area contributed by atoms with Gasteiger partial charge in [-0.05, 0) is 31.0 Å². The first-order valence-corrected chi connectivity index (χ1v) is 10.9. The van der Waals surface area contributed by atoms with Crippen molar-refractivity contribution < 1.29 is 9.32 Å². The summed E-state index contributed by atoms with van der Waals surface area (Å²) in [5, 5.41) is 7.94. The number of rotatable bonds is 7. The Morgan fingerprint density at radius 1 is 1.10 bits per heavy atom. The molecule has 0 radical (unpaired) electrons. The van der Waals surface area contributed by atoms with Crippen LogP contribution < -0.4 is 5.32 Å². The molecule has 6 nitrogen and oxygen atoms in total. The van der Waals surface area contributed by atoms with Gasteiger partial charge in [-0.25, -0.2) is 4.79 Å². The van der Waals surface area contributed by atoms with Crippen molar-refractivity contribution in [3.63, 3.8) is 0 Å². The number of amides is 2. The molecule has 1 unspecified atom stereocenters. The Bertz CT molecular complexity index is 1080. The highest BCUT2D eigenvalue weighted by atomic mass is 35.5. The molecule has 2 heterocycles. The van der Waals surface area contributed by atoms with Gasteiger partial charge < -0.3 is 9.84 Å². The molecule has 0 aliphatic carbocycles. The van der Waals surface area contributed by atoms with Gasteiger partial charge in [-0.1, -0.05) is 79.0 Å². The molecule has 31 heavy (non-hydrogen) atoms. The van der Waals surface area contributed by atoms with Crippen molar-refractivity contribution in [2.75, 3.05) is 6.54 Å². The molecule has 1 atom stereocenters. The quantitative estimate of drug-likeness (QED) is 0.456. The third-order valence-electron chi connectivity index (χ3n) is 5.47. The number of nitrogens with zero attached hydrogens (tertiary/aromatic N) is 3. The molecule has 1 N–H and O–H groups in total. The summed E-state index contributed by atoms with van der Waals surface area (Å²) in [7, 11) is 0. The van der Waals surface area contributed by atoms with Crippen LogP contribution in [0.2, 0.25) is 5.02 Å². The monoisotopic (exact) mass is 436 g/mol. The highest BCUT2D eigenvalue weighted by Crippen LogP contribution is 2.37. The number of carbonyl (C=O) groups is 1. The van der Waals surface area contributed by atoms with E-state index < -0.39 is 6.04 Å². The standard InChI is InChI=1S/C24H25ClN4O2/c1-3-4-8-15-29-16(2)20(21(26-24(29)30)17-11-13-19(25)14-12-17)23-27-22(28-31-23)18-9-6-5-7-10-18/h5-7,9-14,21H,3-4,8,15H2,1-2H3,(H,26,30). The molecular weight excluding hydrogens is 412 g/mol. The molecule has 2 amide bonds. The third-order valence-corrected chi connectivity index (χ3v) is 5.73. The lowest BCUT2D eigenvalue weighted by molar-refractivity contribution is 0.204. The first-order valence-electron chi connectivity index (χ1n) is 10.5. The lowest BCUT2D eigenvalue weighted by Gasteiger charge is -2.35. The molecule has 2 aromatic carbocycles. The maximum atomic E-state index is 12.9. The topological polar surface area (TPSA) is 71.3 Å². The van der Waals surface area contributed by atoms with Crippen LogP contribution in [-0.4, -0.2) is 27.6 Å². The molecule has 0 saturated heterocycles. The second-order valence-electron chi connectivity index (χ2n) is 7.58. The van der Waals surface area contributed by atoms with Gasteiger partial charge in [0.2, 0.25) is 5.82 Å². The van der Waals surface area contributed by atoms with Crippen molar-refractivity contribution in [2.45, 2.75) is 39.2 Å². The Hall–Kier alpha value is -3.12. The van der Waals surface area contributed by atoms with Gasteiger partial charge in [-0.15, -0.1) is 0 Å². The molecule has 3 aromatic rings. The minimum absolute atomic E-state index is 0.125. The molecule has 0 fully saturated rings. The molecule has 1 aromatic heterocycles. The fourth-order valence-electron chi connectivity index (χ4n) is 3.79. The average molecular weight is 437 g/mol. The first-order chi connectivity index (χ1) is 15.1. The fourth-order valence-corrected chi connectivity index (χ4v) is 3.92. The van der Waals surface area contributed by atoms with Crippen molar-refractivity contribution in [2.24, 2.45) is 0 Å². The predicted octanol–water partition coefficient (Wildman–Crippen LogP) is 6.08. The van der Waals surface area contributed by atoms with E-state index in [1.807, 2.05) is 61.5 Å². The van der Waals surface area contributed by atoms with Crippen LogP contribution in [0, 0.1) is 0 Å². The Morgan fingerprint density at radius 3 is 2.55 bits per heavy atom. The van der Waals surface area contributed by atoms with Crippen LogP contribution in [0.15, 0.2) is 64.8 Å². The molecule has 0 saturated carbocycles. The summed E-state index contributed by atoms with van der Waals surface area (Å²) in [5.41, 5.74) is 3.40. The fraction of sp³-hybridized carbons (Fsp3) is 0.292. The number of unbranched alkanes of at least 4 members (excludes halogenated alkanes) is 2. The molecule has 0 spiro atoms. The van der Waals surface area contributed by atoms with E-state index in [1.165, 1.54) is 0 Å². The summed E-state index contributed by atoms with van der Waals surface area (Å²) >= 11 is 6.08. The summed E-state index contributed by atoms with van der Waals surface area (Å²) in [6.45, 7) is 4.72. The Kier molecular flexibility index (Phi) is 6.37. The Balaban J connectivity index is 1.76. The van der Waals surface area contributed by atoms with E-state index >= 15 is 0 Å². The van der Waals surface area contributed by atoms with E-state index in [9.17, 15) is 4.79 Å². The van der Waals surface area contributed by atoms with E-state index in [2.05, 4.69) is 22.4 Å². The number of urea groups is 1. The lowest BCUT2D eigenvalue weighted by atomic mass is 9.94. The van der Waals surface area contributed by atoms with Gasteiger partial charge in [0, 0.05) is 22.8 Å². The van der Waals surface area contributed by atoms with Crippen LogP contribution in [-0.2, 0) is 0 Å². The Labute approximate surface area is 186 Å². The minimum atomic E-state index is -0.406. The zero-order valence-corrected chi connectivity index (χ0v) is 18.4. The zero-order chi connectivity index (χ0) is 21.8. The SMILES string of the molecule is CCCCCN1C(=O)NC(c2ccc(Cl)cc2)C(c2nc(-c3ccccc3)no2)=C1C. The van der Waals surface area contributed by atoms with Gasteiger partial charge in [0.15, 0.2) is 0 Å². The molecule has 7 heteroatoms. The number of allylic oxidation sites excluding steroid dienone is 1. The van der Waals surface area contributed by atoms with Crippen molar-refractivity contribution in [1.29, 1.82) is 0 Å². The van der Waals surface area contributed by atoms with Crippen molar-refractivity contribution in [1.82, 2.24) is 20.4 Å². The van der Waals surface area contributed by atoms with Crippen molar-refractivity contribution in [3.8, 4) is 11.4 Å². The lowest BCUT2D eigenvalue weighted by Crippen LogP contribution is -2.46. The van der Waals surface area contributed by atoms with Crippen LogP contribution in [0.4, 0.5) is 4.79 Å². The van der Waals surface area contributed by atoms with Crippen LogP contribution in [0.1, 0.15) is 50.6 Å². The Morgan fingerprint density at radius 2 is 1.84 bits per heavy atom. The smallest absolute Gasteiger partial charge is 0.322 e. The molecule has 4 rings (SSSR count). The van der Waals surface area contributed by atoms with Gasteiger partial charge in [-0.3, -0.25) is 4.90 Å². The van der Waals surface area contributed by atoms with Gasteiger partial charge in [0.1, 0.15) is 0 Å². The average Bonchev–Trinajstić information content (AvgIpc) is 3.26. The summed E-state index contributed by atoms with van der Waals surface area (Å²) in [5.74, 6) is 0.914. The number of hydrogen-bond donors (Lipinski definition) is 1. The van der Waals surface area contributed by atoms with E-state index in [4.69, 9.17) is 16.1 Å². The van der Waals surface area contributed by atoms with Gasteiger partial charge in [-0.2, -0.15) is 4.98 Å². The number of hydrogen-bond acceptors (Lipinski definition) is 4. The molecule has 1 aliphatic heterocycles. The highest BCUT2D eigenvalue weighted by Gasteiger charge is 2.35. The van der Waals surface area contributed by atoms with E-state index in [1.54, 1.807) is 4.90 Å². The molecule has 1 aliphatic rings. The largest absolute Gasteiger partial charge is 0.334 e. The molecule has 0 bridgehead atoms. The number of nitrogens with one attached hydrogen (secondary N) is 1. The second-order valence-corrected chi connectivity index (χ2v) is 8.02. The van der Waals surface area contributed by atoms with Crippen molar-refractivity contribution >= 4 is 23.2 Å². The number of benzene rings is 2. The third kappa shape index (κ3) is 4.49. The number of aromatic nitrogens is 2. The van der Waals surface area contributed by atoms with Gasteiger partial charge >= 0.3 is 6.03 Å². The zero-order valence-electron chi connectivity index (χ0n) is 17.6. The highest BCUT2D eigenvalue weighted by molar-refractivity contribution is 6.30. The summed E-state index contributed by atoms with van der Waals surface area (Å²) in [6, 6.07) is 16.6. The summed E-state index contributed by atoms with van der Waals surface area (Å²) in [6.07, 6.45) is 3.08. The maximum Gasteiger partial charge on any atom is 0.322 e.